The summed E-state index contributed by atoms with van der Waals surface area (Å²) in [6.07, 6.45) is 2.89. The van der Waals surface area contributed by atoms with Gasteiger partial charge in [0.15, 0.2) is 16.6 Å². The molecule has 0 radical (unpaired) electrons. The first-order valence-electron chi connectivity index (χ1n) is 9.42. The summed E-state index contributed by atoms with van der Waals surface area (Å²) >= 11 is 1.34. The van der Waals surface area contributed by atoms with Gasteiger partial charge in [-0.1, -0.05) is 12.1 Å². The number of carbonyl (C=O) groups is 1. The van der Waals surface area contributed by atoms with Crippen LogP contribution < -0.4 is 14.8 Å². The van der Waals surface area contributed by atoms with Crippen molar-refractivity contribution >= 4 is 28.5 Å². The molecule has 1 heterocycles. The highest BCUT2D eigenvalue weighted by Crippen LogP contribution is 2.31. The molecule has 8 heteroatoms. The largest absolute Gasteiger partial charge is 0.493 e. The number of alkyl halides is 2. The van der Waals surface area contributed by atoms with E-state index in [2.05, 4.69) is 41.0 Å². The van der Waals surface area contributed by atoms with Crippen LogP contribution in [0.4, 0.5) is 13.9 Å². The maximum atomic E-state index is 12.4. The van der Waals surface area contributed by atoms with Crippen LogP contribution in [-0.4, -0.2) is 24.6 Å². The Morgan fingerprint density at radius 1 is 1.10 bits per heavy atom. The van der Waals surface area contributed by atoms with Crippen LogP contribution in [0.2, 0.25) is 0 Å². The molecule has 0 spiro atoms. The van der Waals surface area contributed by atoms with Crippen LogP contribution in [0, 0.1) is 20.8 Å². The normalized spacial score (nSPS) is 11.2. The quantitative estimate of drug-likeness (QED) is 0.454. The third kappa shape index (κ3) is 5.67. The number of amides is 1. The minimum Gasteiger partial charge on any atom is -0.493 e. The van der Waals surface area contributed by atoms with E-state index in [4.69, 9.17) is 4.74 Å². The van der Waals surface area contributed by atoms with Crippen LogP contribution in [-0.2, 0) is 4.79 Å². The number of hydrogen-bond acceptors (Lipinski definition) is 5. The molecular formula is C23H22F2N2O3S. The van der Waals surface area contributed by atoms with E-state index in [9.17, 15) is 13.6 Å². The van der Waals surface area contributed by atoms with Crippen molar-refractivity contribution in [2.75, 3.05) is 12.4 Å². The van der Waals surface area contributed by atoms with Crippen molar-refractivity contribution in [3.8, 4) is 22.8 Å². The second kappa shape index (κ2) is 9.70. The van der Waals surface area contributed by atoms with Gasteiger partial charge in [-0.25, -0.2) is 4.98 Å². The Kier molecular flexibility index (Phi) is 7.02. The van der Waals surface area contributed by atoms with Crippen molar-refractivity contribution < 1.29 is 23.0 Å². The summed E-state index contributed by atoms with van der Waals surface area (Å²) in [5, 5.41) is 5.13. The molecule has 0 atom stereocenters. The van der Waals surface area contributed by atoms with Crippen molar-refractivity contribution in [2.24, 2.45) is 0 Å². The van der Waals surface area contributed by atoms with Crippen molar-refractivity contribution in [1.82, 2.24) is 4.98 Å². The number of rotatable bonds is 7. The Morgan fingerprint density at radius 3 is 2.55 bits per heavy atom. The SMILES string of the molecule is COc1cc(C=CC(=O)Nc2nc(-c3cc(C)c(C)cc3C)cs2)ccc1OC(F)F. The predicted molar refractivity (Wildman–Crippen MR) is 119 cm³/mol. The minimum absolute atomic E-state index is 0.0731. The molecule has 3 aromatic rings. The first-order valence-corrected chi connectivity index (χ1v) is 10.3. The molecule has 0 aliphatic carbocycles. The summed E-state index contributed by atoms with van der Waals surface area (Å²) in [4.78, 5) is 16.8. The van der Waals surface area contributed by atoms with Gasteiger partial charge < -0.3 is 9.47 Å². The van der Waals surface area contributed by atoms with Gasteiger partial charge in [0.1, 0.15) is 0 Å². The molecule has 0 unspecified atom stereocenters. The average Bonchev–Trinajstić information content (AvgIpc) is 3.17. The van der Waals surface area contributed by atoms with E-state index in [0.29, 0.717) is 10.7 Å². The smallest absolute Gasteiger partial charge is 0.387 e. The Hall–Kier alpha value is -3.26. The van der Waals surface area contributed by atoms with Gasteiger partial charge in [0.25, 0.3) is 0 Å². The maximum absolute atomic E-state index is 12.4. The highest BCUT2D eigenvalue weighted by molar-refractivity contribution is 7.14. The number of methoxy groups -OCH3 is 1. The van der Waals surface area contributed by atoms with Crippen molar-refractivity contribution in [3.63, 3.8) is 0 Å². The molecule has 0 bridgehead atoms. The number of nitrogens with zero attached hydrogens (tertiary/aromatic N) is 1. The summed E-state index contributed by atoms with van der Waals surface area (Å²) in [7, 11) is 1.35. The molecule has 0 aliphatic heterocycles. The van der Waals surface area contributed by atoms with Gasteiger partial charge in [-0.15, -0.1) is 11.3 Å². The highest BCUT2D eigenvalue weighted by Gasteiger charge is 2.12. The topological polar surface area (TPSA) is 60.5 Å². The summed E-state index contributed by atoms with van der Waals surface area (Å²) in [6.45, 7) is 3.21. The molecule has 1 aromatic heterocycles. The van der Waals surface area contributed by atoms with Gasteiger partial charge in [-0.3, -0.25) is 10.1 Å². The van der Waals surface area contributed by atoms with Crippen LogP contribution in [0.25, 0.3) is 17.3 Å². The van der Waals surface area contributed by atoms with Crippen molar-refractivity contribution in [1.29, 1.82) is 0 Å². The second-order valence-corrected chi connectivity index (χ2v) is 7.76. The lowest BCUT2D eigenvalue weighted by atomic mass is 9.99. The lowest BCUT2D eigenvalue weighted by Crippen LogP contribution is -2.07. The number of halogens is 2. The molecule has 162 valence electrons. The predicted octanol–water partition coefficient (Wildman–Crippen LogP) is 6.00. The molecule has 1 amide bonds. The van der Waals surface area contributed by atoms with E-state index in [1.165, 1.54) is 47.8 Å². The van der Waals surface area contributed by atoms with Crippen LogP contribution >= 0.6 is 11.3 Å². The van der Waals surface area contributed by atoms with Gasteiger partial charge in [-0.2, -0.15) is 8.78 Å². The van der Waals surface area contributed by atoms with E-state index in [1.807, 2.05) is 12.3 Å². The van der Waals surface area contributed by atoms with Gasteiger partial charge >= 0.3 is 6.61 Å². The zero-order chi connectivity index (χ0) is 22.5. The Bertz CT molecular complexity index is 1130. The zero-order valence-corrected chi connectivity index (χ0v) is 18.3. The van der Waals surface area contributed by atoms with E-state index >= 15 is 0 Å². The number of ether oxygens (including phenoxy) is 2. The van der Waals surface area contributed by atoms with Crippen molar-refractivity contribution in [3.05, 3.63) is 64.0 Å². The molecule has 2 aromatic carbocycles. The molecule has 3 rings (SSSR count). The number of nitrogens with one attached hydrogen (secondary N) is 1. The van der Waals surface area contributed by atoms with E-state index in [1.54, 1.807) is 12.1 Å². The van der Waals surface area contributed by atoms with Crippen LogP contribution in [0.5, 0.6) is 11.5 Å². The number of thiazole rings is 1. The third-order valence-corrected chi connectivity index (χ3v) is 5.44. The minimum atomic E-state index is -2.95. The molecule has 0 saturated carbocycles. The summed E-state index contributed by atoms with van der Waals surface area (Å²) in [5.74, 6) is -0.281. The van der Waals surface area contributed by atoms with Gasteiger partial charge in [-0.05, 0) is 67.3 Å². The highest BCUT2D eigenvalue weighted by atomic mass is 32.1. The average molecular weight is 445 g/mol. The summed E-state index contributed by atoms with van der Waals surface area (Å²) in [5.41, 5.74) is 5.97. The number of aryl methyl sites for hydroxylation is 3. The van der Waals surface area contributed by atoms with Crippen LogP contribution in [0.15, 0.2) is 41.8 Å². The van der Waals surface area contributed by atoms with Crippen LogP contribution in [0.3, 0.4) is 0 Å². The molecule has 0 fully saturated rings. The third-order valence-electron chi connectivity index (χ3n) is 4.68. The monoisotopic (exact) mass is 444 g/mol. The summed E-state index contributed by atoms with van der Waals surface area (Å²) in [6, 6.07) is 8.64. The molecule has 0 aliphatic rings. The molecule has 0 saturated heterocycles. The zero-order valence-electron chi connectivity index (χ0n) is 17.5. The van der Waals surface area contributed by atoms with Crippen LogP contribution in [0.1, 0.15) is 22.3 Å². The fourth-order valence-electron chi connectivity index (χ4n) is 2.99. The summed E-state index contributed by atoms with van der Waals surface area (Å²) < 4.78 is 34.3. The van der Waals surface area contributed by atoms with Gasteiger partial charge in [0, 0.05) is 17.0 Å². The maximum Gasteiger partial charge on any atom is 0.387 e. The first kappa shape index (κ1) is 22.4. The fourth-order valence-corrected chi connectivity index (χ4v) is 3.70. The standard InChI is InChI=1S/C23H22F2N2O3S/c1-13-9-15(3)17(10-14(13)2)18-12-31-23(26-18)27-21(28)8-6-16-5-7-19(30-22(24)25)20(11-16)29-4/h5-12,22H,1-4H3,(H,26,27,28). The molecule has 5 nitrogen and oxygen atoms in total. The number of carbonyl (C=O) groups excluding carboxylic acids is 1. The van der Waals surface area contributed by atoms with E-state index in [0.717, 1.165) is 16.8 Å². The number of hydrogen-bond donors (Lipinski definition) is 1. The second-order valence-electron chi connectivity index (χ2n) is 6.90. The number of benzene rings is 2. The first-order chi connectivity index (χ1) is 14.8. The number of anilines is 1. The Morgan fingerprint density at radius 2 is 1.84 bits per heavy atom. The van der Waals surface area contributed by atoms with E-state index in [-0.39, 0.29) is 17.4 Å². The molecule has 1 N–H and O–H groups in total. The molecule has 31 heavy (non-hydrogen) atoms. The van der Waals surface area contributed by atoms with Gasteiger partial charge in [0.05, 0.1) is 12.8 Å². The lowest BCUT2D eigenvalue weighted by molar-refractivity contribution is -0.111. The van der Waals surface area contributed by atoms with Crippen molar-refractivity contribution in [2.45, 2.75) is 27.4 Å². The lowest BCUT2D eigenvalue weighted by Gasteiger charge is -2.10. The van der Waals surface area contributed by atoms with E-state index < -0.39 is 6.61 Å². The fraction of sp³-hybridized carbons (Fsp3) is 0.217. The Labute approximate surface area is 183 Å². The van der Waals surface area contributed by atoms with Gasteiger partial charge in [0.2, 0.25) is 5.91 Å². The molecular weight excluding hydrogens is 422 g/mol. The Balaban J connectivity index is 1.69. The number of aromatic nitrogens is 1.